The second-order valence-electron chi connectivity index (χ2n) is 7.48. The van der Waals surface area contributed by atoms with Crippen LogP contribution in [0.25, 0.3) is 0 Å². The molecular weight excluding hydrogens is 337 g/mol. The lowest BCUT2D eigenvalue weighted by Gasteiger charge is -2.41. The number of halogens is 3. The highest BCUT2D eigenvalue weighted by atomic mass is 19.4. The highest BCUT2D eigenvalue weighted by molar-refractivity contribution is 5.84. The third kappa shape index (κ3) is 6.48. The van der Waals surface area contributed by atoms with Gasteiger partial charge in [-0.1, -0.05) is 19.8 Å². The van der Waals surface area contributed by atoms with Gasteiger partial charge in [0.15, 0.2) is 0 Å². The van der Waals surface area contributed by atoms with Crippen molar-refractivity contribution in [3.05, 3.63) is 0 Å². The van der Waals surface area contributed by atoms with Crippen molar-refractivity contribution < 1.29 is 27.5 Å². The van der Waals surface area contributed by atoms with Crippen LogP contribution in [0.2, 0.25) is 0 Å². The van der Waals surface area contributed by atoms with Crippen LogP contribution < -0.4 is 0 Å². The molecule has 0 aromatic heterocycles. The number of alkyl halides is 3. The maximum atomic E-state index is 12.5. The van der Waals surface area contributed by atoms with E-state index in [-0.39, 0.29) is 19.0 Å². The molecule has 8 heteroatoms. The predicted molar refractivity (Wildman–Crippen MR) is 86.5 cm³/mol. The van der Waals surface area contributed by atoms with Crippen LogP contribution in [0.5, 0.6) is 0 Å². The van der Waals surface area contributed by atoms with Gasteiger partial charge in [-0.25, -0.2) is 9.59 Å². The second-order valence-corrected chi connectivity index (χ2v) is 7.48. The molecule has 0 saturated carbocycles. The van der Waals surface area contributed by atoms with Gasteiger partial charge in [-0.2, -0.15) is 13.2 Å². The second kappa shape index (κ2) is 7.54. The zero-order valence-corrected chi connectivity index (χ0v) is 15.4. The fraction of sp³-hybridized carbons (Fsp3) is 0.765. The minimum atomic E-state index is -4.53. The molecule has 1 rings (SSSR count). The Balaban J connectivity index is 2.70. The van der Waals surface area contributed by atoms with Crippen molar-refractivity contribution in [1.29, 1.82) is 0 Å². The normalized spacial score (nSPS) is 16.6. The lowest BCUT2D eigenvalue weighted by Crippen LogP contribution is -2.58. The lowest BCUT2D eigenvalue weighted by molar-refractivity contribution is -0.161. The number of nitrogens with zero attached hydrogens (tertiary/aromatic N) is 2. The van der Waals surface area contributed by atoms with E-state index in [0.717, 1.165) is 0 Å². The minimum Gasteiger partial charge on any atom is -0.458 e. The van der Waals surface area contributed by atoms with Crippen LogP contribution in [0.15, 0.2) is 0 Å². The largest absolute Gasteiger partial charge is 0.458 e. The number of hydrogen-bond acceptors (Lipinski definition) is 3. The van der Waals surface area contributed by atoms with Gasteiger partial charge in [-0.15, -0.1) is 0 Å². The van der Waals surface area contributed by atoms with Crippen LogP contribution in [0.4, 0.5) is 18.0 Å². The Morgan fingerprint density at radius 1 is 1.20 bits per heavy atom. The average Bonchev–Trinajstić information content (AvgIpc) is 2.32. The van der Waals surface area contributed by atoms with E-state index in [1.807, 2.05) is 0 Å². The Labute approximate surface area is 146 Å². The Bertz CT molecular complexity index is 564. The van der Waals surface area contributed by atoms with Gasteiger partial charge in [0, 0.05) is 26.1 Å². The lowest BCUT2D eigenvalue weighted by atomic mass is 10.00. The fourth-order valence-electron chi connectivity index (χ4n) is 2.49. The van der Waals surface area contributed by atoms with Gasteiger partial charge in [0.25, 0.3) is 0 Å². The predicted octanol–water partition coefficient (Wildman–Crippen LogP) is 2.90. The number of ether oxygens (including phenoxy) is 1. The standard InChI is InChI=1S/C17H25F3N2O3/c1-11(2)13(14(23)25-16(3,4)5)21(6)15(24)22-9-12(10-22)7-8-17(18,19)20/h11-13H,9-10H2,1-6H3/t13-/m0/s1. The molecule has 0 N–H and O–H groups in total. The molecule has 142 valence electrons. The van der Waals surface area contributed by atoms with Crippen molar-refractivity contribution in [2.24, 2.45) is 11.8 Å². The highest BCUT2D eigenvalue weighted by Crippen LogP contribution is 2.22. The summed E-state index contributed by atoms with van der Waals surface area (Å²) in [6.07, 6.45) is -4.53. The number of hydrogen-bond donors (Lipinski definition) is 0. The van der Waals surface area contributed by atoms with Gasteiger partial charge in [-0.05, 0) is 26.7 Å². The van der Waals surface area contributed by atoms with E-state index in [4.69, 9.17) is 4.74 Å². The molecule has 2 amide bonds. The summed E-state index contributed by atoms with van der Waals surface area (Å²) in [5, 5.41) is 0. The molecule has 0 spiro atoms. The Kier molecular flexibility index (Phi) is 6.38. The van der Waals surface area contributed by atoms with E-state index in [9.17, 15) is 22.8 Å². The van der Waals surface area contributed by atoms with E-state index < -0.39 is 35.7 Å². The number of urea groups is 1. The van der Waals surface area contributed by atoms with E-state index in [2.05, 4.69) is 5.92 Å². The molecule has 0 aromatic rings. The first-order chi connectivity index (χ1) is 11.2. The molecule has 1 aliphatic rings. The average molecular weight is 362 g/mol. The number of likely N-dealkylation sites (tertiary alicyclic amines) is 1. The third-order valence-electron chi connectivity index (χ3n) is 3.57. The van der Waals surface area contributed by atoms with Crippen LogP contribution in [0, 0.1) is 23.7 Å². The van der Waals surface area contributed by atoms with Crippen molar-refractivity contribution in [3.63, 3.8) is 0 Å². The number of esters is 1. The minimum absolute atomic E-state index is 0.116. The summed E-state index contributed by atoms with van der Waals surface area (Å²) in [4.78, 5) is 27.5. The highest BCUT2D eigenvalue weighted by Gasteiger charge is 2.39. The summed E-state index contributed by atoms with van der Waals surface area (Å²) < 4.78 is 41.6. The molecular formula is C17H25F3N2O3. The van der Waals surface area contributed by atoms with Crippen molar-refractivity contribution >= 4 is 12.0 Å². The van der Waals surface area contributed by atoms with E-state index in [1.54, 1.807) is 34.6 Å². The number of carbonyl (C=O) groups is 2. The summed E-state index contributed by atoms with van der Waals surface area (Å²) in [7, 11) is 1.49. The smallest absolute Gasteiger partial charge is 0.457 e. The van der Waals surface area contributed by atoms with Gasteiger partial charge >= 0.3 is 18.2 Å². The van der Waals surface area contributed by atoms with E-state index in [0.29, 0.717) is 0 Å². The molecule has 0 unspecified atom stereocenters. The van der Waals surface area contributed by atoms with Crippen molar-refractivity contribution in [2.75, 3.05) is 20.1 Å². The molecule has 0 radical (unpaired) electrons. The first-order valence-electron chi connectivity index (χ1n) is 8.05. The summed E-state index contributed by atoms with van der Waals surface area (Å²) in [6, 6.07) is -1.19. The quantitative estimate of drug-likeness (QED) is 0.573. The maximum Gasteiger partial charge on any atom is 0.457 e. The molecule has 1 atom stereocenters. The molecule has 1 aliphatic heterocycles. The van der Waals surface area contributed by atoms with Crippen LogP contribution in [0.1, 0.15) is 34.6 Å². The molecule has 1 saturated heterocycles. The zero-order chi connectivity index (χ0) is 19.6. The number of likely N-dealkylation sites (N-methyl/N-ethyl adjacent to an activating group) is 1. The summed E-state index contributed by atoms with van der Waals surface area (Å²) in [5.74, 6) is 2.15. The molecule has 0 bridgehead atoms. The zero-order valence-electron chi connectivity index (χ0n) is 15.4. The Hall–Kier alpha value is -1.91. The monoisotopic (exact) mass is 362 g/mol. The van der Waals surface area contributed by atoms with Crippen LogP contribution >= 0.6 is 0 Å². The number of amides is 2. The molecule has 0 aliphatic carbocycles. The number of rotatable bonds is 3. The fourth-order valence-corrected chi connectivity index (χ4v) is 2.49. The first-order valence-corrected chi connectivity index (χ1v) is 8.05. The van der Waals surface area contributed by atoms with Crippen molar-refractivity contribution in [2.45, 2.75) is 52.4 Å². The molecule has 1 fully saturated rings. The Morgan fingerprint density at radius 2 is 1.72 bits per heavy atom. The topological polar surface area (TPSA) is 49.9 Å². The van der Waals surface area contributed by atoms with E-state index in [1.165, 1.54) is 22.8 Å². The Morgan fingerprint density at radius 3 is 2.12 bits per heavy atom. The molecule has 1 heterocycles. The van der Waals surface area contributed by atoms with Gasteiger partial charge < -0.3 is 14.5 Å². The molecule has 0 aromatic carbocycles. The SMILES string of the molecule is CC(C)[C@@H](C(=O)OC(C)(C)C)N(C)C(=O)N1CC(C#CC(F)(F)F)C1. The maximum absolute atomic E-state index is 12.5. The summed E-state index contributed by atoms with van der Waals surface area (Å²) >= 11 is 0. The van der Waals surface area contributed by atoms with Gasteiger partial charge in [0.05, 0.1) is 5.92 Å². The van der Waals surface area contributed by atoms with Crippen LogP contribution in [-0.2, 0) is 9.53 Å². The molecule has 5 nitrogen and oxygen atoms in total. The van der Waals surface area contributed by atoms with Crippen LogP contribution in [0.3, 0.4) is 0 Å². The van der Waals surface area contributed by atoms with Crippen molar-refractivity contribution in [1.82, 2.24) is 9.80 Å². The summed E-state index contributed by atoms with van der Waals surface area (Å²) in [6.45, 7) is 9.05. The van der Waals surface area contributed by atoms with Gasteiger partial charge in [0.1, 0.15) is 11.6 Å². The van der Waals surface area contributed by atoms with Gasteiger partial charge in [0.2, 0.25) is 0 Å². The van der Waals surface area contributed by atoms with Gasteiger partial charge in [-0.3, -0.25) is 0 Å². The number of carbonyl (C=O) groups excluding carboxylic acids is 2. The summed E-state index contributed by atoms with van der Waals surface area (Å²) in [5.41, 5.74) is -0.677. The van der Waals surface area contributed by atoms with Crippen LogP contribution in [-0.4, -0.2) is 59.8 Å². The van der Waals surface area contributed by atoms with E-state index >= 15 is 0 Å². The molecule has 25 heavy (non-hydrogen) atoms. The van der Waals surface area contributed by atoms with Crippen molar-refractivity contribution in [3.8, 4) is 11.8 Å². The first kappa shape index (κ1) is 21.1. The third-order valence-corrected chi connectivity index (χ3v) is 3.57.